The van der Waals surface area contributed by atoms with E-state index in [1.54, 1.807) is 6.92 Å². The minimum absolute atomic E-state index is 0. The summed E-state index contributed by atoms with van der Waals surface area (Å²) < 4.78 is 27.3. The Bertz CT molecular complexity index is 320. The maximum absolute atomic E-state index is 11.0. The average molecular weight is 337 g/mol. The van der Waals surface area contributed by atoms with E-state index in [0.29, 0.717) is 13.2 Å². The molecule has 0 aliphatic rings. The quantitative estimate of drug-likeness (QED) is 0.242. The number of rotatable bonds is 6. The third-order valence-electron chi connectivity index (χ3n) is 1.52. The molecule has 0 aliphatic heterocycles. The third kappa shape index (κ3) is 38.1. The maximum Gasteiger partial charge on any atom is 0 e. The first-order valence-electron chi connectivity index (χ1n) is 5.33. The van der Waals surface area contributed by atoms with Crippen molar-refractivity contribution in [1.29, 1.82) is 0 Å². The molecule has 6 nitrogen and oxygen atoms in total. The van der Waals surface area contributed by atoms with Crippen molar-refractivity contribution in [2.45, 2.75) is 13.8 Å². The van der Waals surface area contributed by atoms with Crippen LogP contribution in [0.25, 0.3) is 0 Å². The van der Waals surface area contributed by atoms with E-state index in [1.165, 1.54) is 0 Å². The van der Waals surface area contributed by atoms with Crippen LogP contribution in [0, 0.1) is 20.0 Å². The number of allylic oxidation sites excluding steroid dienone is 2. The summed E-state index contributed by atoms with van der Waals surface area (Å²) in [4.78, 5) is 12.9. The van der Waals surface area contributed by atoms with Crippen LogP contribution in [0.15, 0.2) is 24.3 Å². The van der Waals surface area contributed by atoms with Crippen LogP contribution in [0.5, 0.6) is 0 Å². The Morgan fingerprint density at radius 2 is 1.67 bits per heavy atom. The van der Waals surface area contributed by atoms with Crippen molar-refractivity contribution in [3.63, 3.8) is 0 Å². The summed E-state index contributed by atoms with van der Waals surface area (Å²) in [5, 5.41) is 0. The molecule has 0 unspecified atom stereocenters. The molecule has 0 heterocycles. The average Bonchev–Trinajstić information content (AvgIpc) is 2.45. The van der Waals surface area contributed by atoms with Crippen LogP contribution in [0.4, 0.5) is 0 Å². The summed E-state index contributed by atoms with van der Waals surface area (Å²) in [6.07, 6.45) is 3.91. The molecule has 0 atom stereocenters. The summed E-state index contributed by atoms with van der Waals surface area (Å²) in [5.41, 5.74) is 1.01. The van der Waals surface area contributed by atoms with E-state index >= 15 is 0 Å². The molecule has 7 heteroatoms. The van der Waals surface area contributed by atoms with E-state index in [2.05, 4.69) is 26.5 Å². The summed E-state index contributed by atoms with van der Waals surface area (Å²) >= 11 is 0. The van der Waals surface area contributed by atoms with Gasteiger partial charge < -0.3 is 4.74 Å². The molecule has 0 saturated carbocycles. The molecular formula is C14H19FeNO5. The van der Waals surface area contributed by atoms with Crippen LogP contribution < -0.4 is 0 Å². The predicted molar refractivity (Wildman–Crippen MR) is 69.9 cm³/mol. The first-order chi connectivity index (χ1) is 9.56. The molecule has 0 bridgehead atoms. The van der Waals surface area contributed by atoms with Gasteiger partial charge in [-0.3, -0.25) is 9.69 Å². The SMILES string of the molecule is C=C(C)/C=C\CN(C)CC(=O)OCC.[C-]#[O+].[C-]#[O+].[C-]#[O+].[Fe]. The van der Waals surface area contributed by atoms with Gasteiger partial charge in [-0.25, -0.2) is 0 Å². The second kappa shape index (κ2) is 31.2. The number of nitrogens with zero attached hydrogens (tertiary/aromatic N) is 1. The molecular weight excluding hydrogens is 318 g/mol. The summed E-state index contributed by atoms with van der Waals surface area (Å²) in [6, 6.07) is 0. The number of ether oxygens (including phenoxy) is 1. The summed E-state index contributed by atoms with van der Waals surface area (Å²) in [6.45, 7) is 22.5. The summed E-state index contributed by atoms with van der Waals surface area (Å²) in [7, 11) is 1.87. The Morgan fingerprint density at radius 3 is 2.00 bits per heavy atom. The van der Waals surface area contributed by atoms with Gasteiger partial charge in [-0.15, -0.1) is 0 Å². The van der Waals surface area contributed by atoms with Crippen LogP contribution in [-0.2, 0) is 40.6 Å². The minimum atomic E-state index is -0.182. The van der Waals surface area contributed by atoms with Gasteiger partial charge in [-0.05, 0) is 20.9 Å². The van der Waals surface area contributed by atoms with Crippen molar-refractivity contribution in [1.82, 2.24) is 4.90 Å². The third-order valence-corrected chi connectivity index (χ3v) is 1.52. The zero-order chi connectivity index (χ0) is 17.0. The van der Waals surface area contributed by atoms with Gasteiger partial charge in [0, 0.05) is 23.6 Å². The van der Waals surface area contributed by atoms with Crippen molar-refractivity contribution in [2.24, 2.45) is 0 Å². The molecule has 21 heavy (non-hydrogen) atoms. The van der Waals surface area contributed by atoms with Gasteiger partial charge in [0.2, 0.25) is 0 Å². The number of likely N-dealkylation sites (N-methyl/N-ethyl adjacent to an activating group) is 1. The van der Waals surface area contributed by atoms with Crippen LogP contribution in [0.3, 0.4) is 0 Å². The van der Waals surface area contributed by atoms with Gasteiger partial charge in [-0.1, -0.05) is 24.3 Å². The Hall–Kier alpha value is -1.35. The topological polar surface area (TPSA) is 89.2 Å². The van der Waals surface area contributed by atoms with Crippen molar-refractivity contribution in [3.05, 3.63) is 44.3 Å². The normalized spacial score (nSPS) is 7.52. The zero-order valence-corrected chi connectivity index (χ0v) is 13.4. The van der Waals surface area contributed by atoms with Gasteiger partial charge in [0.05, 0.1) is 13.2 Å². The van der Waals surface area contributed by atoms with Crippen molar-refractivity contribution in [2.75, 3.05) is 26.7 Å². The van der Waals surface area contributed by atoms with Crippen molar-refractivity contribution < 1.29 is 40.6 Å². The van der Waals surface area contributed by atoms with Gasteiger partial charge in [0.15, 0.2) is 0 Å². The van der Waals surface area contributed by atoms with E-state index < -0.39 is 0 Å². The number of esters is 1. The van der Waals surface area contributed by atoms with Crippen molar-refractivity contribution >= 4 is 5.97 Å². The monoisotopic (exact) mass is 337 g/mol. The number of hydrogen-bond acceptors (Lipinski definition) is 3. The van der Waals surface area contributed by atoms with Crippen LogP contribution in [0.1, 0.15) is 13.8 Å². The molecule has 0 amide bonds. The van der Waals surface area contributed by atoms with E-state index in [9.17, 15) is 4.79 Å². The van der Waals surface area contributed by atoms with Gasteiger partial charge in [0.1, 0.15) is 0 Å². The molecule has 118 valence electrons. The minimum Gasteiger partial charge on any atom is 0 e. The van der Waals surface area contributed by atoms with Gasteiger partial charge >= 0.3 is 39.9 Å². The molecule has 0 aromatic heterocycles. The van der Waals surface area contributed by atoms with Crippen LogP contribution >= 0.6 is 0 Å². The standard InChI is InChI=1S/C11H19NO2.3CO.Fe/c1-5-14-11(13)9-12(4)8-6-7-10(2)3;3*1-2;/h6-7H,2,5,8-9H2,1,3-4H3;;;;/b7-6-;;;;. The van der Waals surface area contributed by atoms with Crippen LogP contribution in [-0.4, -0.2) is 37.6 Å². The summed E-state index contributed by atoms with van der Waals surface area (Å²) in [5.74, 6) is -0.182. The smallest absolute Gasteiger partial charge is 0 e. The Morgan fingerprint density at radius 1 is 1.24 bits per heavy atom. The molecule has 0 spiro atoms. The fourth-order valence-electron chi connectivity index (χ4n) is 0.925. The van der Waals surface area contributed by atoms with E-state index in [-0.39, 0.29) is 23.0 Å². The zero-order valence-electron chi connectivity index (χ0n) is 12.3. The molecule has 0 fully saturated rings. The largest absolute Gasteiger partial charge is 0 e. The molecule has 0 rings (SSSR count). The molecule has 0 aromatic carbocycles. The first-order valence-corrected chi connectivity index (χ1v) is 5.33. The number of carbonyl (C=O) groups excluding carboxylic acids is 1. The molecule has 0 aromatic rings. The molecule has 0 aliphatic carbocycles. The fourth-order valence-corrected chi connectivity index (χ4v) is 0.925. The second-order valence-corrected chi connectivity index (χ2v) is 3.25. The number of hydrogen-bond donors (Lipinski definition) is 0. The second-order valence-electron chi connectivity index (χ2n) is 3.25. The molecule has 0 saturated heterocycles. The molecule has 0 N–H and O–H groups in total. The van der Waals surface area contributed by atoms with Gasteiger partial charge in [-0.2, -0.15) is 0 Å². The Labute approximate surface area is 136 Å². The first kappa shape index (κ1) is 31.8. The van der Waals surface area contributed by atoms with Gasteiger partial charge in [0.25, 0.3) is 0 Å². The van der Waals surface area contributed by atoms with E-state index in [1.807, 2.05) is 31.0 Å². The maximum atomic E-state index is 11.0. The molecule has 0 radical (unpaired) electrons. The Balaban J connectivity index is -0.000000107. The van der Waals surface area contributed by atoms with E-state index in [4.69, 9.17) is 18.7 Å². The Kier molecular flexibility index (Phi) is 47.3. The number of carbonyl (C=O) groups is 1. The van der Waals surface area contributed by atoms with Crippen LogP contribution in [0.2, 0.25) is 0 Å². The predicted octanol–water partition coefficient (Wildman–Crippen LogP) is 1.50. The fraction of sp³-hybridized carbons (Fsp3) is 0.429. The van der Waals surface area contributed by atoms with E-state index in [0.717, 1.165) is 12.1 Å². The van der Waals surface area contributed by atoms with Crippen molar-refractivity contribution in [3.8, 4) is 0 Å².